The normalized spacial score (nSPS) is 19.2. The Balaban J connectivity index is 0.000000383. The summed E-state index contributed by atoms with van der Waals surface area (Å²) in [7, 11) is 0. The molecule has 0 aliphatic carbocycles. The molecule has 4 rings (SSSR count). The van der Waals surface area contributed by atoms with Crippen molar-refractivity contribution in [1.82, 2.24) is 14.5 Å². The molecular weight excluding hydrogens is 437 g/mol. The summed E-state index contributed by atoms with van der Waals surface area (Å²) in [6, 6.07) is 8.49. The van der Waals surface area contributed by atoms with E-state index in [4.69, 9.17) is 9.90 Å². The lowest BCUT2D eigenvalue weighted by atomic mass is 9.88. The summed E-state index contributed by atoms with van der Waals surface area (Å²) in [5.41, 5.74) is 2.29. The molecule has 180 valence electrons. The fourth-order valence-electron chi connectivity index (χ4n) is 4.57. The molecule has 1 unspecified atom stereocenters. The molecule has 1 atom stereocenters. The second-order valence-corrected chi connectivity index (χ2v) is 8.76. The van der Waals surface area contributed by atoms with Crippen LogP contribution in [0.1, 0.15) is 45.7 Å². The standard InChI is InChI=1S/C21H28N4O.C2HF3O2/c1-4-11-25-17-7-5-10-22-20(17)24-12-6-8-18(24)21(25)9-13-23(15-21)19(26)14-16(2)3;3-2(4,5)1(6)7/h5-8,10,12,16H,4,9,11,13-15H2,1-3H3;(H,6,7). The third-order valence-electron chi connectivity index (χ3n) is 5.90. The fraction of sp³-hybridized carbons (Fsp3) is 0.522. The predicted molar refractivity (Wildman–Crippen MR) is 117 cm³/mol. The van der Waals surface area contributed by atoms with Gasteiger partial charge in [0, 0.05) is 38.4 Å². The van der Waals surface area contributed by atoms with Crippen molar-refractivity contribution < 1.29 is 27.9 Å². The molecule has 10 heteroatoms. The van der Waals surface area contributed by atoms with E-state index in [0.717, 1.165) is 38.3 Å². The minimum Gasteiger partial charge on any atom is -0.475 e. The average molecular weight is 467 g/mol. The summed E-state index contributed by atoms with van der Waals surface area (Å²) in [6.45, 7) is 9.00. The molecular formula is C23H29F3N4O3. The second kappa shape index (κ2) is 9.44. The molecule has 0 saturated carbocycles. The highest BCUT2D eigenvalue weighted by Gasteiger charge is 2.50. The van der Waals surface area contributed by atoms with Gasteiger partial charge in [-0.3, -0.25) is 4.79 Å². The third-order valence-corrected chi connectivity index (χ3v) is 5.90. The van der Waals surface area contributed by atoms with E-state index in [1.807, 2.05) is 12.3 Å². The molecule has 4 heterocycles. The largest absolute Gasteiger partial charge is 0.490 e. The van der Waals surface area contributed by atoms with Gasteiger partial charge in [0.05, 0.1) is 11.4 Å². The van der Waals surface area contributed by atoms with Crippen LogP contribution in [-0.2, 0) is 15.1 Å². The number of halogens is 3. The molecule has 0 aromatic carbocycles. The smallest absolute Gasteiger partial charge is 0.475 e. The van der Waals surface area contributed by atoms with E-state index in [1.54, 1.807) is 0 Å². The van der Waals surface area contributed by atoms with Gasteiger partial charge in [0.2, 0.25) is 5.91 Å². The maximum absolute atomic E-state index is 12.7. The lowest BCUT2D eigenvalue weighted by Crippen LogP contribution is -2.53. The third kappa shape index (κ3) is 4.84. The first-order valence-corrected chi connectivity index (χ1v) is 11.0. The minimum atomic E-state index is -5.08. The summed E-state index contributed by atoms with van der Waals surface area (Å²) < 4.78 is 34.0. The SMILES string of the molecule is CCCN1c2cccnc2-n2cccc2C12CCN(C(=O)CC(C)C)C2.O=C(O)C(F)(F)F. The van der Waals surface area contributed by atoms with Gasteiger partial charge in [-0.1, -0.05) is 20.8 Å². The molecule has 33 heavy (non-hydrogen) atoms. The highest BCUT2D eigenvalue weighted by atomic mass is 19.4. The number of carboxylic acid groups (broad SMARTS) is 1. The van der Waals surface area contributed by atoms with Crippen LogP contribution in [-0.4, -0.2) is 57.2 Å². The zero-order chi connectivity index (χ0) is 24.4. The van der Waals surface area contributed by atoms with Crippen molar-refractivity contribution in [3.8, 4) is 5.82 Å². The van der Waals surface area contributed by atoms with Crippen molar-refractivity contribution in [2.45, 2.75) is 51.7 Å². The number of carboxylic acids is 1. The van der Waals surface area contributed by atoms with E-state index in [1.165, 1.54) is 11.4 Å². The number of rotatable bonds is 4. The average Bonchev–Trinajstić information content (AvgIpc) is 3.39. The molecule has 2 aromatic heterocycles. The second-order valence-electron chi connectivity index (χ2n) is 8.76. The molecule has 0 radical (unpaired) electrons. The maximum Gasteiger partial charge on any atom is 0.490 e. The number of pyridine rings is 1. The van der Waals surface area contributed by atoms with Crippen molar-refractivity contribution in [3.05, 3.63) is 42.4 Å². The van der Waals surface area contributed by atoms with Crippen LogP contribution in [0.4, 0.5) is 18.9 Å². The highest BCUT2D eigenvalue weighted by molar-refractivity contribution is 5.77. The Hall–Kier alpha value is -3.04. The van der Waals surface area contributed by atoms with Crippen molar-refractivity contribution >= 4 is 17.6 Å². The number of fused-ring (bicyclic) bond motifs is 4. The van der Waals surface area contributed by atoms with E-state index in [9.17, 15) is 18.0 Å². The van der Waals surface area contributed by atoms with Crippen molar-refractivity contribution in [2.24, 2.45) is 5.92 Å². The Morgan fingerprint density at radius 2 is 1.94 bits per heavy atom. The van der Waals surface area contributed by atoms with E-state index < -0.39 is 12.1 Å². The Kier molecular flexibility index (Phi) is 7.04. The van der Waals surface area contributed by atoms with Crippen LogP contribution >= 0.6 is 0 Å². The van der Waals surface area contributed by atoms with Gasteiger partial charge in [-0.05, 0) is 43.0 Å². The fourth-order valence-corrected chi connectivity index (χ4v) is 4.57. The quantitative estimate of drug-likeness (QED) is 0.731. The number of hydrogen-bond acceptors (Lipinski definition) is 4. The first-order chi connectivity index (χ1) is 15.5. The van der Waals surface area contributed by atoms with Crippen LogP contribution in [0.5, 0.6) is 0 Å². The van der Waals surface area contributed by atoms with Gasteiger partial charge in [0.25, 0.3) is 0 Å². The van der Waals surface area contributed by atoms with Gasteiger partial charge in [0.15, 0.2) is 5.82 Å². The van der Waals surface area contributed by atoms with Crippen LogP contribution in [0, 0.1) is 5.92 Å². The summed E-state index contributed by atoms with van der Waals surface area (Å²) in [5.74, 6) is -1.08. The molecule has 2 aromatic rings. The Morgan fingerprint density at radius 3 is 2.55 bits per heavy atom. The van der Waals surface area contributed by atoms with Crippen LogP contribution in [0.25, 0.3) is 5.82 Å². The number of alkyl halides is 3. The lowest BCUT2D eigenvalue weighted by molar-refractivity contribution is -0.192. The first-order valence-electron chi connectivity index (χ1n) is 11.0. The predicted octanol–water partition coefficient (Wildman–Crippen LogP) is 4.21. The Morgan fingerprint density at radius 1 is 1.24 bits per heavy atom. The minimum absolute atomic E-state index is 0.151. The van der Waals surface area contributed by atoms with E-state index >= 15 is 0 Å². The van der Waals surface area contributed by atoms with Crippen molar-refractivity contribution in [3.63, 3.8) is 0 Å². The van der Waals surface area contributed by atoms with Gasteiger partial charge in [0.1, 0.15) is 5.54 Å². The molecule has 2 aliphatic rings. The number of amides is 1. The van der Waals surface area contributed by atoms with Crippen molar-refractivity contribution in [1.29, 1.82) is 0 Å². The number of nitrogens with zero attached hydrogens (tertiary/aromatic N) is 4. The number of aliphatic carboxylic acids is 1. The zero-order valence-corrected chi connectivity index (χ0v) is 19.0. The first kappa shape index (κ1) is 24.6. The Labute approximate surface area is 190 Å². The molecule has 0 bridgehead atoms. The number of hydrogen-bond donors (Lipinski definition) is 1. The molecule has 1 fully saturated rings. The number of carbonyl (C=O) groups excluding carboxylic acids is 1. The van der Waals surface area contributed by atoms with Crippen LogP contribution < -0.4 is 4.90 Å². The molecule has 1 N–H and O–H groups in total. The monoisotopic (exact) mass is 466 g/mol. The lowest BCUT2D eigenvalue weighted by Gasteiger charge is -2.47. The number of anilines is 1. The van der Waals surface area contributed by atoms with Crippen molar-refractivity contribution in [2.75, 3.05) is 24.5 Å². The molecule has 1 saturated heterocycles. The van der Waals surface area contributed by atoms with Gasteiger partial charge in [-0.25, -0.2) is 9.78 Å². The summed E-state index contributed by atoms with van der Waals surface area (Å²) in [5, 5.41) is 7.12. The molecule has 1 spiro atoms. The topological polar surface area (TPSA) is 78.7 Å². The van der Waals surface area contributed by atoms with Crippen LogP contribution in [0.15, 0.2) is 36.7 Å². The van der Waals surface area contributed by atoms with Gasteiger partial charge in [-0.2, -0.15) is 13.2 Å². The molecule has 7 nitrogen and oxygen atoms in total. The summed E-state index contributed by atoms with van der Waals surface area (Å²) >= 11 is 0. The van der Waals surface area contributed by atoms with Crippen LogP contribution in [0.2, 0.25) is 0 Å². The van der Waals surface area contributed by atoms with Crippen LogP contribution in [0.3, 0.4) is 0 Å². The van der Waals surface area contributed by atoms with E-state index in [2.05, 4.69) is 64.5 Å². The summed E-state index contributed by atoms with van der Waals surface area (Å²) in [4.78, 5) is 30.9. The Bertz CT molecular complexity index is 1000. The zero-order valence-electron chi connectivity index (χ0n) is 19.0. The van der Waals surface area contributed by atoms with E-state index in [-0.39, 0.29) is 11.4 Å². The van der Waals surface area contributed by atoms with Gasteiger partial charge in [-0.15, -0.1) is 0 Å². The van der Waals surface area contributed by atoms with Gasteiger partial charge >= 0.3 is 12.1 Å². The molecule has 1 amide bonds. The highest BCUT2D eigenvalue weighted by Crippen LogP contribution is 2.47. The maximum atomic E-state index is 12.7. The number of likely N-dealkylation sites (tertiary alicyclic amines) is 1. The number of carbonyl (C=O) groups is 2. The summed E-state index contributed by atoms with van der Waals surface area (Å²) in [6.07, 6.45) is 1.54. The van der Waals surface area contributed by atoms with Gasteiger partial charge < -0.3 is 19.5 Å². The van der Waals surface area contributed by atoms with E-state index in [0.29, 0.717) is 12.3 Å². The molecule has 2 aliphatic heterocycles. The number of aromatic nitrogens is 2.